The Bertz CT molecular complexity index is 132. The molecular formula is C10H22O3. The van der Waals surface area contributed by atoms with Crippen LogP contribution < -0.4 is 0 Å². The van der Waals surface area contributed by atoms with E-state index in [0.717, 1.165) is 6.42 Å². The molecule has 13 heavy (non-hydrogen) atoms. The molecule has 0 aromatic rings. The van der Waals surface area contributed by atoms with Crippen LogP contribution in [0.15, 0.2) is 0 Å². The highest BCUT2D eigenvalue weighted by Gasteiger charge is 2.24. The largest absolute Gasteiger partial charge is 0.344 e. The van der Waals surface area contributed by atoms with Gasteiger partial charge in [-0.25, -0.2) is 0 Å². The Labute approximate surface area is 81.0 Å². The maximum atomic E-state index is 9.55. The van der Waals surface area contributed by atoms with Crippen LogP contribution in [0.4, 0.5) is 0 Å². The lowest BCUT2D eigenvalue weighted by molar-refractivity contribution is -0.361. The molecule has 2 unspecified atom stereocenters. The van der Waals surface area contributed by atoms with E-state index in [2.05, 4.69) is 13.8 Å². The smallest absolute Gasteiger partial charge is 0.277 e. The average molecular weight is 190 g/mol. The maximum Gasteiger partial charge on any atom is 0.277 e. The van der Waals surface area contributed by atoms with Crippen LogP contribution in [-0.4, -0.2) is 23.8 Å². The van der Waals surface area contributed by atoms with Crippen molar-refractivity contribution in [2.75, 3.05) is 6.61 Å². The van der Waals surface area contributed by atoms with Gasteiger partial charge in [-0.3, -0.25) is 0 Å². The predicted molar refractivity (Wildman–Crippen MR) is 52.3 cm³/mol. The molecule has 0 aliphatic carbocycles. The fraction of sp³-hybridized carbons (Fsp3) is 1.00. The van der Waals surface area contributed by atoms with Gasteiger partial charge in [-0.2, -0.15) is 0 Å². The van der Waals surface area contributed by atoms with Crippen LogP contribution in [0.1, 0.15) is 41.0 Å². The Balaban J connectivity index is 3.81. The van der Waals surface area contributed by atoms with E-state index < -0.39 is 5.97 Å². The van der Waals surface area contributed by atoms with Gasteiger partial charge < -0.3 is 14.6 Å². The van der Waals surface area contributed by atoms with Crippen LogP contribution in [0, 0.1) is 5.92 Å². The van der Waals surface area contributed by atoms with Crippen molar-refractivity contribution in [3.63, 3.8) is 0 Å². The molecule has 0 amide bonds. The molecule has 0 aromatic heterocycles. The second-order valence-electron chi connectivity index (χ2n) is 3.89. The Morgan fingerprint density at radius 2 is 1.85 bits per heavy atom. The van der Waals surface area contributed by atoms with E-state index in [9.17, 15) is 5.11 Å². The van der Waals surface area contributed by atoms with Crippen molar-refractivity contribution < 1.29 is 14.6 Å². The molecule has 3 nitrogen and oxygen atoms in total. The van der Waals surface area contributed by atoms with E-state index in [1.807, 2.05) is 13.8 Å². The van der Waals surface area contributed by atoms with Crippen LogP contribution in [0.2, 0.25) is 0 Å². The molecule has 1 N–H and O–H groups in total. The van der Waals surface area contributed by atoms with Crippen molar-refractivity contribution in [3.05, 3.63) is 0 Å². The molecule has 2 atom stereocenters. The van der Waals surface area contributed by atoms with Crippen molar-refractivity contribution in [2.45, 2.75) is 53.1 Å². The summed E-state index contributed by atoms with van der Waals surface area (Å²) in [5, 5.41) is 9.55. The summed E-state index contributed by atoms with van der Waals surface area (Å²) >= 11 is 0. The Kier molecular flexibility index (Phi) is 5.53. The minimum atomic E-state index is -1.44. The summed E-state index contributed by atoms with van der Waals surface area (Å²) in [5.74, 6) is -0.879. The van der Waals surface area contributed by atoms with Crippen molar-refractivity contribution in [1.82, 2.24) is 0 Å². The summed E-state index contributed by atoms with van der Waals surface area (Å²) in [6.45, 7) is 9.97. The van der Waals surface area contributed by atoms with Gasteiger partial charge in [0.15, 0.2) is 0 Å². The van der Waals surface area contributed by atoms with E-state index >= 15 is 0 Å². The monoisotopic (exact) mass is 190 g/mol. The zero-order valence-electron chi connectivity index (χ0n) is 9.33. The van der Waals surface area contributed by atoms with E-state index in [1.165, 1.54) is 6.92 Å². The van der Waals surface area contributed by atoms with Gasteiger partial charge in [-0.15, -0.1) is 0 Å². The molecule has 0 aliphatic rings. The first-order valence-electron chi connectivity index (χ1n) is 4.91. The number of ether oxygens (including phenoxy) is 2. The van der Waals surface area contributed by atoms with Crippen LogP contribution in [0.5, 0.6) is 0 Å². The minimum absolute atomic E-state index is 0.0153. The van der Waals surface area contributed by atoms with Gasteiger partial charge in [-0.05, 0) is 26.2 Å². The molecule has 3 heteroatoms. The van der Waals surface area contributed by atoms with Gasteiger partial charge in [0, 0.05) is 13.5 Å². The molecule has 0 saturated heterocycles. The molecule has 0 radical (unpaired) electrons. The van der Waals surface area contributed by atoms with E-state index in [0.29, 0.717) is 12.5 Å². The fourth-order valence-corrected chi connectivity index (χ4v) is 1.39. The summed E-state index contributed by atoms with van der Waals surface area (Å²) in [6, 6.07) is 0. The lowest BCUT2D eigenvalue weighted by Gasteiger charge is -2.27. The molecular weight excluding hydrogens is 168 g/mol. The van der Waals surface area contributed by atoms with Gasteiger partial charge in [0.05, 0.1) is 6.10 Å². The van der Waals surface area contributed by atoms with Crippen molar-refractivity contribution in [1.29, 1.82) is 0 Å². The van der Waals surface area contributed by atoms with Gasteiger partial charge in [0.25, 0.3) is 5.97 Å². The van der Waals surface area contributed by atoms with Crippen LogP contribution in [0.3, 0.4) is 0 Å². The molecule has 0 heterocycles. The number of hydrogen-bond donors (Lipinski definition) is 1. The van der Waals surface area contributed by atoms with Crippen molar-refractivity contribution >= 4 is 0 Å². The topological polar surface area (TPSA) is 38.7 Å². The van der Waals surface area contributed by atoms with Crippen LogP contribution >= 0.6 is 0 Å². The first-order valence-corrected chi connectivity index (χ1v) is 4.91. The third-order valence-corrected chi connectivity index (χ3v) is 1.64. The standard InChI is InChI=1S/C10H22O3/c1-6-12-10(5,11)13-9(4)7-8(2)3/h8-9,11H,6-7H2,1-5H3. The Hall–Kier alpha value is -0.120. The van der Waals surface area contributed by atoms with Crippen LogP contribution in [0.25, 0.3) is 0 Å². The normalized spacial score (nSPS) is 18.7. The molecule has 80 valence electrons. The quantitative estimate of drug-likeness (QED) is 0.652. The van der Waals surface area contributed by atoms with Gasteiger partial charge >= 0.3 is 0 Å². The molecule has 0 bridgehead atoms. The van der Waals surface area contributed by atoms with Crippen molar-refractivity contribution in [2.24, 2.45) is 5.92 Å². The predicted octanol–water partition coefficient (Wildman–Crippen LogP) is 2.14. The number of hydrogen-bond acceptors (Lipinski definition) is 3. The number of rotatable bonds is 6. The third kappa shape index (κ3) is 6.99. The highest BCUT2D eigenvalue weighted by Crippen LogP contribution is 2.15. The SMILES string of the molecule is CCOC(C)(O)OC(C)CC(C)C. The van der Waals surface area contributed by atoms with Gasteiger partial charge in [0.2, 0.25) is 0 Å². The molecule has 0 saturated carbocycles. The fourth-order valence-electron chi connectivity index (χ4n) is 1.39. The number of aliphatic hydroxyl groups is 1. The summed E-state index contributed by atoms with van der Waals surface area (Å²) in [6.07, 6.45) is 0.935. The first kappa shape index (κ1) is 12.9. The summed E-state index contributed by atoms with van der Waals surface area (Å²) in [4.78, 5) is 0. The van der Waals surface area contributed by atoms with E-state index in [1.54, 1.807) is 0 Å². The summed E-state index contributed by atoms with van der Waals surface area (Å²) in [7, 11) is 0. The summed E-state index contributed by atoms with van der Waals surface area (Å²) in [5.41, 5.74) is 0. The lowest BCUT2D eigenvalue weighted by atomic mass is 10.1. The summed E-state index contributed by atoms with van der Waals surface area (Å²) < 4.78 is 10.3. The van der Waals surface area contributed by atoms with E-state index in [4.69, 9.17) is 9.47 Å². The highest BCUT2D eigenvalue weighted by atomic mass is 16.8. The Morgan fingerprint density at radius 1 is 1.31 bits per heavy atom. The lowest BCUT2D eigenvalue weighted by Crippen LogP contribution is -2.35. The molecule has 0 aliphatic heterocycles. The second kappa shape index (κ2) is 5.58. The van der Waals surface area contributed by atoms with Crippen molar-refractivity contribution in [3.8, 4) is 0 Å². The molecule has 0 rings (SSSR count). The van der Waals surface area contributed by atoms with Crippen LogP contribution in [-0.2, 0) is 9.47 Å². The average Bonchev–Trinajstić information content (AvgIpc) is 1.81. The molecule has 0 spiro atoms. The highest BCUT2D eigenvalue weighted by molar-refractivity contribution is 4.56. The first-order chi connectivity index (χ1) is 5.87. The Morgan fingerprint density at radius 3 is 2.23 bits per heavy atom. The molecule has 0 fully saturated rings. The van der Waals surface area contributed by atoms with Gasteiger partial charge in [-0.1, -0.05) is 13.8 Å². The maximum absolute atomic E-state index is 9.55. The van der Waals surface area contributed by atoms with Gasteiger partial charge in [0.1, 0.15) is 0 Å². The third-order valence-electron chi connectivity index (χ3n) is 1.64. The zero-order chi connectivity index (χ0) is 10.5. The minimum Gasteiger partial charge on any atom is -0.344 e. The zero-order valence-corrected chi connectivity index (χ0v) is 9.33. The second-order valence-corrected chi connectivity index (χ2v) is 3.89. The van der Waals surface area contributed by atoms with E-state index in [-0.39, 0.29) is 6.10 Å². The molecule has 0 aromatic carbocycles.